The Morgan fingerprint density at radius 2 is 1.83 bits per heavy atom. The standard InChI is InChI=1S/C29H33N3O3/c1-32(2)26-18-16-23(17-19-26)25(12-7-4-8-15-28(33)31-35)21-30-27-14-9-13-24(29(27)34)20-22-10-5-3-6-11-22/h3-11,13-19,25,27,30,35H,12,20-21H2,1-2H3,(H,31,33)/t25-,27?/m1/s1. The number of nitrogens with zero attached hydrogens (tertiary/aromatic N) is 1. The molecule has 2 aromatic rings. The molecule has 0 spiro atoms. The Hall–Kier alpha value is -3.74. The maximum absolute atomic E-state index is 13.1. The van der Waals surface area contributed by atoms with Crippen molar-refractivity contribution in [2.45, 2.75) is 24.8 Å². The molecule has 35 heavy (non-hydrogen) atoms. The summed E-state index contributed by atoms with van der Waals surface area (Å²) in [5, 5.41) is 12.0. The number of amides is 1. The van der Waals surface area contributed by atoms with Crippen LogP contribution in [0.15, 0.2) is 103 Å². The summed E-state index contributed by atoms with van der Waals surface area (Å²) in [5.74, 6) is -0.340. The maximum atomic E-state index is 13.1. The number of hydroxylamine groups is 1. The number of allylic oxidation sites excluding steroid dienone is 5. The zero-order valence-corrected chi connectivity index (χ0v) is 20.2. The van der Waals surface area contributed by atoms with Crippen LogP contribution in [0.2, 0.25) is 0 Å². The van der Waals surface area contributed by atoms with Crippen LogP contribution in [-0.4, -0.2) is 43.6 Å². The molecular weight excluding hydrogens is 438 g/mol. The van der Waals surface area contributed by atoms with Crippen LogP contribution in [0.4, 0.5) is 5.69 Å². The SMILES string of the molecule is CN(C)c1ccc([C@H](CC=CC=CC(=O)NO)CNC2C=CC=C(Cc3ccccc3)C2=O)cc1. The molecule has 0 aromatic heterocycles. The monoisotopic (exact) mass is 471 g/mol. The lowest BCUT2D eigenvalue weighted by Gasteiger charge is -2.23. The molecular formula is C29H33N3O3. The van der Waals surface area contributed by atoms with Gasteiger partial charge in [-0.15, -0.1) is 0 Å². The molecule has 1 unspecified atom stereocenters. The van der Waals surface area contributed by atoms with Gasteiger partial charge in [0.25, 0.3) is 5.91 Å². The van der Waals surface area contributed by atoms with Gasteiger partial charge in [0.1, 0.15) is 0 Å². The zero-order chi connectivity index (χ0) is 25.0. The van der Waals surface area contributed by atoms with Crippen LogP contribution in [-0.2, 0) is 16.0 Å². The quantitative estimate of drug-likeness (QED) is 0.199. The number of anilines is 1. The van der Waals surface area contributed by atoms with E-state index in [9.17, 15) is 9.59 Å². The van der Waals surface area contributed by atoms with E-state index >= 15 is 0 Å². The number of nitrogens with one attached hydrogen (secondary N) is 2. The second kappa shape index (κ2) is 13.2. The molecule has 3 N–H and O–H groups in total. The molecule has 2 aromatic carbocycles. The number of benzene rings is 2. The molecule has 0 bridgehead atoms. The minimum absolute atomic E-state index is 0.103. The fourth-order valence-electron chi connectivity index (χ4n) is 3.93. The van der Waals surface area contributed by atoms with Crippen molar-refractivity contribution in [3.8, 4) is 0 Å². The number of hydrogen-bond donors (Lipinski definition) is 3. The van der Waals surface area contributed by atoms with E-state index in [0.29, 0.717) is 13.0 Å². The fourth-order valence-corrected chi connectivity index (χ4v) is 3.93. The van der Waals surface area contributed by atoms with Gasteiger partial charge in [0.05, 0.1) is 6.04 Å². The van der Waals surface area contributed by atoms with Gasteiger partial charge in [-0.25, -0.2) is 5.48 Å². The zero-order valence-electron chi connectivity index (χ0n) is 20.2. The predicted molar refractivity (Wildman–Crippen MR) is 141 cm³/mol. The normalized spacial score (nSPS) is 16.5. The summed E-state index contributed by atoms with van der Waals surface area (Å²) in [6, 6.07) is 18.1. The third-order valence-electron chi connectivity index (χ3n) is 5.93. The number of carbonyl (C=O) groups is 2. The summed E-state index contributed by atoms with van der Waals surface area (Å²) < 4.78 is 0. The number of ketones is 1. The van der Waals surface area contributed by atoms with E-state index in [1.807, 2.05) is 68.7 Å². The van der Waals surface area contributed by atoms with Crippen molar-refractivity contribution in [1.29, 1.82) is 0 Å². The summed E-state index contributed by atoms with van der Waals surface area (Å²) in [6.07, 6.45) is 13.7. The molecule has 0 saturated carbocycles. The first-order valence-electron chi connectivity index (χ1n) is 11.7. The molecule has 2 atom stereocenters. The van der Waals surface area contributed by atoms with Gasteiger partial charge in [-0.2, -0.15) is 0 Å². The molecule has 0 fully saturated rings. The molecule has 1 amide bonds. The lowest BCUT2D eigenvalue weighted by atomic mass is 9.91. The minimum atomic E-state index is -0.575. The van der Waals surface area contributed by atoms with Crippen molar-refractivity contribution in [2.24, 2.45) is 0 Å². The molecule has 3 rings (SSSR count). The van der Waals surface area contributed by atoms with E-state index in [4.69, 9.17) is 5.21 Å². The van der Waals surface area contributed by atoms with Crippen LogP contribution in [0, 0.1) is 0 Å². The first kappa shape index (κ1) is 25.9. The molecule has 0 radical (unpaired) electrons. The van der Waals surface area contributed by atoms with Crippen LogP contribution in [0.3, 0.4) is 0 Å². The Kier molecular flexibility index (Phi) is 9.78. The van der Waals surface area contributed by atoms with Crippen molar-refractivity contribution in [2.75, 3.05) is 25.5 Å². The Morgan fingerprint density at radius 3 is 2.51 bits per heavy atom. The highest BCUT2D eigenvalue weighted by atomic mass is 16.5. The largest absolute Gasteiger partial charge is 0.378 e. The number of Topliss-reactive ketones (excluding diaryl/α,β-unsaturated/α-hetero) is 1. The van der Waals surface area contributed by atoms with Gasteiger partial charge in [0.2, 0.25) is 0 Å². The van der Waals surface area contributed by atoms with E-state index in [0.717, 1.165) is 28.8 Å². The van der Waals surface area contributed by atoms with E-state index in [1.165, 1.54) is 6.08 Å². The number of rotatable bonds is 11. The average molecular weight is 472 g/mol. The summed E-state index contributed by atoms with van der Waals surface area (Å²) in [7, 11) is 4.01. The van der Waals surface area contributed by atoms with Crippen LogP contribution in [0.1, 0.15) is 23.5 Å². The highest BCUT2D eigenvalue weighted by Crippen LogP contribution is 2.23. The smallest absolute Gasteiger partial charge is 0.267 e. The van der Waals surface area contributed by atoms with E-state index in [2.05, 4.69) is 34.5 Å². The molecule has 1 aliphatic rings. The summed E-state index contributed by atoms with van der Waals surface area (Å²) in [6.45, 7) is 0.617. The van der Waals surface area contributed by atoms with Gasteiger partial charge in [-0.1, -0.05) is 78.9 Å². The van der Waals surface area contributed by atoms with Gasteiger partial charge in [-0.05, 0) is 35.6 Å². The second-order valence-electron chi connectivity index (χ2n) is 8.67. The number of hydrogen-bond acceptors (Lipinski definition) is 5. The number of carbonyl (C=O) groups excluding carboxylic acids is 2. The minimum Gasteiger partial charge on any atom is -0.378 e. The highest BCUT2D eigenvalue weighted by Gasteiger charge is 2.23. The Bertz CT molecular complexity index is 1100. The van der Waals surface area contributed by atoms with E-state index in [-0.39, 0.29) is 17.7 Å². The second-order valence-corrected chi connectivity index (χ2v) is 8.67. The Balaban J connectivity index is 1.67. The highest BCUT2D eigenvalue weighted by molar-refractivity contribution is 6.02. The van der Waals surface area contributed by atoms with Crippen LogP contribution in [0.5, 0.6) is 0 Å². The lowest BCUT2D eigenvalue weighted by Crippen LogP contribution is -2.39. The van der Waals surface area contributed by atoms with Gasteiger partial charge in [-0.3, -0.25) is 14.8 Å². The van der Waals surface area contributed by atoms with Crippen molar-refractivity contribution in [1.82, 2.24) is 10.8 Å². The third-order valence-corrected chi connectivity index (χ3v) is 5.93. The van der Waals surface area contributed by atoms with Gasteiger partial charge >= 0.3 is 0 Å². The van der Waals surface area contributed by atoms with Crippen molar-refractivity contribution in [3.63, 3.8) is 0 Å². The first-order chi connectivity index (χ1) is 17.0. The van der Waals surface area contributed by atoms with Crippen LogP contribution < -0.4 is 15.7 Å². The topological polar surface area (TPSA) is 81.7 Å². The molecule has 182 valence electrons. The van der Waals surface area contributed by atoms with Crippen molar-refractivity contribution >= 4 is 17.4 Å². The van der Waals surface area contributed by atoms with E-state index in [1.54, 1.807) is 17.6 Å². The molecule has 6 heteroatoms. The summed E-state index contributed by atoms with van der Waals surface area (Å²) in [4.78, 5) is 26.3. The average Bonchev–Trinajstić information content (AvgIpc) is 2.88. The first-order valence-corrected chi connectivity index (χ1v) is 11.7. The van der Waals surface area contributed by atoms with Crippen LogP contribution >= 0.6 is 0 Å². The third kappa shape index (κ3) is 7.91. The fraction of sp³-hybridized carbons (Fsp3) is 0.241. The van der Waals surface area contributed by atoms with Crippen molar-refractivity contribution < 1.29 is 14.8 Å². The van der Waals surface area contributed by atoms with Gasteiger partial charge < -0.3 is 10.2 Å². The van der Waals surface area contributed by atoms with Crippen molar-refractivity contribution in [3.05, 3.63) is 114 Å². The van der Waals surface area contributed by atoms with Gasteiger partial charge in [0.15, 0.2) is 5.78 Å². The van der Waals surface area contributed by atoms with E-state index < -0.39 is 5.91 Å². The van der Waals surface area contributed by atoms with Gasteiger partial charge in [0, 0.05) is 44.4 Å². The lowest BCUT2D eigenvalue weighted by molar-refractivity contribution is -0.124. The predicted octanol–water partition coefficient (Wildman–Crippen LogP) is 4.11. The molecule has 0 heterocycles. The van der Waals surface area contributed by atoms with Crippen LogP contribution in [0.25, 0.3) is 0 Å². The molecule has 1 aliphatic carbocycles. The molecule has 0 saturated heterocycles. The Labute approximate surface area is 207 Å². The molecule has 6 nitrogen and oxygen atoms in total. The Morgan fingerprint density at radius 1 is 1.09 bits per heavy atom. The summed E-state index contributed by atoms with van der Waals surface area (Å²) >= 11 is 0. The summed E-state index contributed by atoms with van der Waals surface area (Å²) in [5.41, 5.74) is 5.77. The maximum Gasteiger partial charge on any atom is 0.267 e. The molecule has 0 aliphatic heterocycles.